The molecule has 0 aliphatic heterocycles. The molecular weight excluding hydrogens is 407 g/mol. The van der Waals surface area contributed by atoms with Gasteiger partial charge in [-0.25, -0.2) is 9.18 Å². The highest BCUT2D eigenvalue weighted by molar-refractivity contribution is 6.04. The summed E-state index contributed by atoms with van der Waals surface area (Å²) in [6.45, 7) is 2.74. The van der Waals surface area contributed by atoms with Crippen LogP contribution in [0.15, 0.2) is 17.1 Å². The Morgan fingerprint density at radius 2 is 2.13 bits per heavy atom. The zero-order valence-corrected chi connectivity index (χ0v) is 17.4. The Morgan fingerprint density at radius 1 is 1.42 bits per heavy atom. The van der Waals surface area contributed by atoms with E-state index >= 15 is 4.39 Å². The Bertz CT molecular complexity index is 1090. The SMILES string of the molecule is CCOC(=O)c1cn(C2CC2)c2c(C=O)c(N[C@H](CO)CCC(C)=O)c(F)cc2c1=O. The van der Waals surface area contributed by atoms with Crippen molar-refractivity contribution in [2.75, 3.05) is 18.5 Å². The quantitative estimate of drug-likeness (QED) is 0.438. The fourth-order valence-electron chi connectivity index (χ4n) is 3.57. The van der Waals surface area contributed by atoms with Gasteiger partial charge in [-0.2, -0.15) is 0 Å². The Labute approximate surface area is 178 Å². The number of rotatable bonds is 10. The van der Waals surface area contributed by atoms with Gasteiger partial charge in [-0.1, -0.05) is 0 Å². The number of hydrogen-bond acceptors (Lipinski definition) is 7. The van der Waals surface area contributed by atoms with Gasteiger partial charge < -0.3 is 24.5 Å². The number of anilines is 1. The third-order valence-electron chi connectivity index (χ3n) is 5.27. The van der Waals surface area contributed by atoms with Gasteiger partial charge in [0.1, 0.15) is 17.2 Å². The summed E-state index contributed by atoms with van der Waals surface area (Å²) < 4.78 is 21.6. The number of aliphatic hydroxyl groups is 1. The Morgan fingerprint density at radius 3 is 2.68 bits per heavy atom. The number of aldehydes is 1. The third-order valence-corrected chi connectivity index (χ3v) is 5.27. The lowest BCUT2D eigenvalue weighted by Crippen LogP contribution is -2.27. The molecule has 0 saturated heterocycles. The third kappa shape index (κ3) is 4.66. The zero-order valence-electron chi connectivity index (χ0n) is 17.4. The van der Waals surface area contributed by atoms with Crippen LogP contribution in [0.1, 0.15) is 66.3 Å². The first-order valence-corrected chi connectivity index (χ1v) is 10.2. The molecule has 8 nitrogen and oxygen atoms in total. The van der Waals surface area contributed by atoms with E-state index in [4.69, 9.17) is 4.74 Å². The van der Waals surface area contributed by atoms with E-state index < -0.39 is 23.3 Å². The van der Waals surface area contributed by atoms with E-state index in [9.17, 15) is 24.3 Å². The largest absolute Gasteiger partial charge is 0.462 e. The van der Waals surface area contributed by atoms with Crippen LogP contribution in [0.25, 0.3) is 10.9 Å². The smallest absolute Gasteiger partial charge is 0.343 e. The molecule has 1 aromatic heterocycles. The molecule has 3 rings (SSSR count). The number of esters is 1. The molecule has 1 aromatic carbocycles. The first-order valence-electron chi connectivity index (χ1n) is 10.2. The number of Topliss-reactive ketones (excluding diaryl/α,β-unsaturated/α-hetero) is 1. The van der Waals surface area contributed by atoms with Crippen LogP contribution in [0.3, 0.4) is 0 Å². The van der Waals surface area contributed by atoms with Crippen LogP contribution in [0.5, 0.6) is 0 Å². The summed E-state index contributed by atoms with van der Waals surface area (Å²) in [5.41, 5.74) is -0.928. The van der Waals surface area contributed by atoms with Crippen LogP contribution in [0.4, 0.5) is 10.1 Å². The molecule has 0 amide bonds. The second kappa shape index (κ2) is 9.38. The zero-order chi connectivity index (χ0) is 22.7. The van der Waals surface area contributed by atoms with Crippen molar-refractivity contribution in [2.45, 2.75) is 51.6 Å². The Balaban J connectivity index is 2.20. The fourth-order valence-corrected chi connectivity index (χ4v) is 3.57. The summed E-state index contributed by atoms with van der Waals surface area (Å²) in [5.74, 6) is -1.75. The molecule has 1 fully saturated rings. The fraction of sp³-hybridized carbons (Fsp3) is 0.455. The Hall–Kier alpha value is -3.07. The number of halogens is 1. The first-order chi connectivity index (χ1) is 14.8. The monoisotopic (exact) mass is 432 g/mol. The number of nitrogens with one attached hydrogen (secondary N) is 1. The lowest BCUT2D eigenvalue weighted by molar-refractivity contribution is -0.117. The van der Waals surface area contributed by atoms with E-state index in [1.165, 1.54) is 13.1 Å². The van der Waals surface area contributed by atoms with Crippen molar-refractivity contribution in [3.05, 3.63) is 39.4 Å². The van der Waals surface area contributed by atoms with Crippen molar-refractivity contribution in [3.8, 4) is 0 Å². The number of hydrogen-bond donors (Lipinski definition) is 2. The molecule has 0 unspecified atom stereocenters. The van der Waals surface area contributed by atoms with Crippen molar-refractivity contribution in [3.63, 3.8) is 0 Å². The van der Waals surface area contributed by atoms with Crippen molar-refractivity contribution in [2.24, 2.45) is 0 Å². The molecule has 1 atom stereocenters. The molecule has 0 bridgehead atoms. The Kier molecular flexibility index (Phi) is 6.84. The lowest BCUT2D eigenvalue weighted by Gasteiger charge is -2.21. The van der Waals surface area contributed by atoms with Crippen LogP contribution in [-0.4, -0.2) is 47.0 Å². The number of aromatic nitrogens is 1. The van der Waals surface area contributed by atoms with Crippen molar-refractivity contribution < 1.29 is 28.6 Å². The average molecular weight is 432 g/mol. The molecule has 2 aromatic rings. The molecule has 1 heterocycles. The van der Waals surface area contributed by atoms with Crippen molar-refractivity contribution in [1.29, 1.82) is 0 Å². The van der Waals surface area contributed by atoms with E-state index in [2.05, 4.69) is 5.32 Å². The molecule has 0 spiro atoms. The van der Waals surface area contributed by atoms with Crippen molar-refractivity contribution >= 4 is 34.6 Å². The molecule has 9 heteroatoms. The van der Waals surface area contributed by atoms with Gasteiger partial charge in [-0.15, -0.1) is 0 Å². The highest BCUT2D eigenvalue weighted by Gasteiger charge is 2.30. The number of fused-ring (bicyclic) bond motifs is 1. The molecule has 0 radical (unpaired) electrons. The molecule has 166 valence electrons. The average Bonchev–Trinajstić information content (AvgIpc) is 3.57. The van der Waals surface area contributed by atoms with Gasteiger partial charge in [-0.05, 0) is 39.2 Å². The maximum absolute atomic E-state index is 15.0. The molecule has 1 aliphatic carbocycles. The van der Waals surface area contributed by atoms with E-state index in [0.29, 0.717) is 6.29 Å². The summed E-state index contributed by atoms with van der Waals surface area (Å²) in [6, 6.07) is 0.308. The highest BCUT2D eigenvalue weighted by atomic mass is 19.1. The van der Waals surface area contributed by atoms with E-state index in [1.807, 2.05) is 0 Å². The van der Waals surface area contributed by atoms with Crippen LogP contribution in [0.2, 0.25) is 0 Å². The first kappa shape index (κ1) is 22.6. The van der Waals surface area contributed by atoms with Gasteiger partial charge in [0.15, 0.2) is 6.29 Å². The molecule has 31 heavy (non-hydrogen) atoms. The summed E-state index contributed by atoms with van der Waals surface area (Å²) in [4.78, 5) is 48.5. The van der Waals surface area contributed by atoms with Gasteiger partial charge >= 0.3 is 5.97 Å². The minimum absolute atomic E-state index is 0.0281. The van der Waals surface area contributed by atoms with E-state index in [-0.39, 0.29) is 65.6 Å². The maximum atomic E-state index is 15.0. The van der Waals surface area contributed by atoms with Crippen LogP contribution in [-0.2, 0) is 9.53 Å². The number of aliphatic hydroxyl groups excluding tert-OH is 1. The van der Waals surface area contributed by atoms with E-state index in [1.54, 1.807) is 11.5 Å². The van der Waals surface area contributed by atoms with Gasteiger partial charge in [0.05, 0.1) is 35.4 Å². The predicted octanol–water partition coefficient (Wildman–Crippen LogP) is 2.61. The minimum Gasteiger partial charge on any atom is -0.462 e. The van der Waals surface area contributed by atoms with Crippen LogP contribution >= 0.6 is 0 Å². The normalized spacial score (nSPS) is 14.3. The number of ether oxygens (including phenoxy) is 1. The molecule has 1 aliphatic rings. The molecule has 1 saturated carbocycles. The van der Waals surface area contributed by atoms with Crippen LogP contribution < -0.4 is 10.7 Å². The van der Waals surface area contributed by atoms with Gasteiger partial charge in [0.25, 0.3) is 0 Å². The van der Waals surface area contributed by atoms with Crippen molar-refractivity contribution in [1.82, 2.24) is 4.57 Å². The van der Waals surface area contributed by atoms with E-state index in [0.717, 1.165) is 18.9 Å². The second-order valence-corrected chi connectivity index (χ2v) is 7.66. The topological polar surface area (TPSA) is 115 Å². The van der Waals surface area contributed by atoms with Gasteiger partial charge in [0, 0.05) is 24.7 Å². The summed E-state index contributed by atoms with van der Waals surface area (Å²) in [6.07, 6.45) is 3.83. The molecule has 2 N–H and O–H groups in total. The number of nitrogens with zero attached hydrogens (tertiary/aromatic N) is 1. The second-order valence-electron chi connectivity index (χ2n) is 7.66. The lowest BCUT2D eigenvalue weighted by atomic mass is 10.0. The number of carbonyl (C=O) groups excluding carboxylic acids is 3. The predicted molar refractivity (Wildman–Crippen MR) is 112 cm³/mol. The standard InChI is InChI=1S/C22H25FN2O6/c1-3-31-22(30)16-9-25(14-6-7-14)20-15(21(16)29)8-18(23)19(17(20)11-27)24-13(10-26)5-4-12(2)28/h8-9,11,13-14,24,26H,3-7,10H2,1-2H3/t13-/m0/s1. The van der Waals surface area contributed by atoms with Gasteiger partial charge in [-0.3, -0.25) is 9.59 Å². The highest BCUT2D eigenvalue weighted by Crippen LogP contribution is 2.39. The summed E-state index contributed by atoms with van der Waals surface area (Å²) >= 11 is 0. The molecular formula is C22H25FN2O6. The number of carbonyl (C=O) groups is 3. The summed E-state index contributed by atoms with van der Waals surface area (Å²) in [7, 11) is 0. The number of benzene rings is 1. The maximum Gasteiger partial charge on any atom is 0.343 e. The minimum atomic E-state index is -0.865. The number of pyridine rings is 1. The van der Waals surface area contributed by atoms with Gasteiger partial charge in [0.2, 0.25) is 5.43 Å². The summed E-state index contributed by atoms with van der Waals surface area (Å²) in [5, 5.41) is 12.3. The van der Waals surface area contributed by atoms with Crippen LogP contribution in [0, 0.1) is 5.82 Å². The number of ketones is 1.